The summed E-state index contributed by atoms with van der Waals surface area (Å²) in [5, 5.41) is 3.04. The van der Waals surface area contributed by atoms with E-state index in [4.69, 9.17) is 0 Å². The van der Waals surface area contributed by atoms with Gasteiger partial charge in [-0.25, -0.2) is 4.98 Å². The summed E-state index contributed by atoms with van der Waals surface area (Å²) in [5.74, 6) is 0.141. The number of amides is 1. The first-order valence-corrected chi connectivity index (χ1v) is 7.93. The molecule has 0 aromatic carbocycles. The van der Waals surface area contributed by atoms with Gasteiger partial charge >= 0.3 is 0 Å². The molecule has 0 radical (unpaired) electrons. The predicted molar refractivity (Wildman–Crippen MR) is 86.8 cm³/mol. The minimum atomic E-state index is 0.0180. The molecule has 1 N–H and O–H groups in total. The van der Waals surface area contributed by atoms with Gasteiger partial charge in [0.1, 0.15) is 5.65 Å². The number of pyridine rings is 2. The van der Waals surface area contributed by atoms with Crippen LogP contribution in [0.15, 0.2) is 48.9 Å². The molecule has 5 heteroatoms. The van der Waals surface area contributed by atoms with Crippen LogP contribution < -0.4 is 5.32 Å². The Hall–Kier alpha value is -2.69. The minimum Gasteiger partial charge on any atom is -0.352 e. The van der Waals surface area contributed by atoms with Crippen LogP contribution in [-0.4, -0.2) is 20.3 Å². The number of hydrogen-bond donors (Lipinski definition) is 1. The molecular weight excluding hydrogens is 288 g/mol. The Morgan fingerprint density at radius 3 is 3.00 bits per heavy atom. The fourth-order valence-electron chi connectivity index (χ4n) is 3.22. The third-order valence-corrected chi connectivity index (χ3v) is 4.47. The van der Waals surface area contributed by atoms with E-state index in [1.807, 2.05) is 36.5 Å². The number of nitrogens with zero attached hydrogens (tertiary/aromatic N) is 3. The van der Waals surface area contributed by atoms with E-state index in [1.54, 1.807) is 12.4 Å². The van der Waals surface area contributed by atoms with Gasteiger partial charge in [0, 0.05) is 43.2 Å². The van der Waals surface area contributed by atoms with Crippen molar-refractivity contribution in [3.05, 3.63) is 65.9 Å². The van der Waals surface area contributed by atoms with Crippen molar-refractivity contribution in [2.75, 3.05) is 0 Å². The number of imidazole rings is 1. The lowest BCUT2D eigenvalue weighted by atomic mass is 9.89. The fourth-order valence-corrected chi connectivity index (χ4v) is 3.22. The van der Waals surface area contributed by atoms with Crippen LogP contribution in [0.4, 0.5) is 0 Å². The van der Waals surface area contributed by atoms with E-state index in [9.17, 15) is 4.79 Å². The number of hydrogen-bond acceptors (Lipinski definition) is 3. The van der Waals surface area contributed by atoms with Crippen LogP contribution >= 0.6 is 0 Å². The molecule has 0 aliphatic heterocycles. The summed E-state index contributed by atoms with van der Waals surface area (Å²) < 4.78 is 2.11. The number of carbonyl (C=O) groups is 1. The Bertz CT molecular complexity index is 841. The molecule has 1 aliphatic carbocycles. The van der Waals surface area contributed by atoms with Gasteiger partial charge in [0.15, 0.2) is 0 Å². The van der Waals surface area contributed by atoms with Crippen molar-refractivity contribution in [1.82, 2.24) is 19.7 Å². The van der Waals surface area contributed by atoms with Crippen LogP contribution in [-0.2, 0) is 24.2 Å². The Labute approximate surface area is 134 Å². The first-order valence-electron chi connectivity index (χ1n) is 7.93. The van der Waals surface area contributed by atoms with Crippen LogP contribution in [0.1, 0.15) is 23.4 Å². The summed E-state index contributed by atoms with van der Waals surface area (Å²) in [6.45, 7) is 0.553. The zero-order chi connectivity index (χ0) is 15.6. The van der Waals surface area contributed by atoms with E-state index >= 15 is 0 Å². The average molecular weight is 306 g/mol. The van der Waals surface area contributed by atoms with E-state index < -0.39 is 0 Å². The molecule has 0 saturated heterocycles. The molecule has 3 aromatic rings. The summed E-state index contributed by atoms with van der Waals surface area (Å²) in [6, 6.07) is 9.85. The largest absolute Gasteiger partial charge is 0.352 e. The minimum absolute atomic E-state index is 0.0180. The standard InChI is InChI=1S/C18H18N4O/c23-18(20-12-13-6-8-19-9-7-13)14-4-5-15-16(11-14)22-10-2-1-3-17(22)21-15/h1-3,6-10,14H,4-5,11-12H2,(H,20,23). The maximum absolute atomic E-state index is 12.5. The smallest absolute Gasteiger partial charge is 0.223 e. The second-order valence-corrected chi connectivity index (χ2v) is 5.95. The Kier molecular flexibility index (Phi) is 3.54. The van der Waals surface area contributed by atoms with Gasteiger partial charge in [0.05, 0.1) is 5.69 Å². The normalized spacial score (nSPS) is 17.0. The summed E-state index contributed by atoms with van der Waals surface area (Å²) in [7, 11) is 0. The number of fused-ring (bicyclic) bond motifs is 3. The molecule has 5 nitrogen and oxygen atoms in total. The van der Waals surface area contributed by atoms with E-state index in [-0.39, 0.29) is 11.8 Å². The highest BCUT2D eigenvalue weighted by Crippen LogP contribution is 2.26. The van der Waals surface area contributed by atoms with Crippen molar-refractivity contribution in [2.24, 2.45) is 5.92 Å². The van der Waals surface area contributed by atoms with E-state index in [2.05, 4.69) is 19.7 Å². The lowest BCUT2D eigenvalue weighted by molar-refractivity contribution is -0.125. The SMILES string of the molecule is O=C(NCc1ccncc1)C1CCc2nc3ccccn3c2C1. The highest BCUT2D eigenvalue weighted by atomic mass is 16.1. The first kappa shape index (κ1) is 13.9. The Morgan fingerprint density at radius 2 is 2.13 bits per heavy atom. The van der Waals surface area contributed by atoms with Crippen LogP contribution in [0.25, 0.3) is 5.65 Å². The molecule has 116 valence electrons. The molecule has 0 spiro atoms. The molecule has 0 saturated carbocycles. The molecule has 3 heterocycles. The maximum atomic E-state index is 12.5. The molecule has 3 aromatic heterocycles. The van der Waals surface area contributed by atoms with Crippen LogP contribution in [0, 0.1) is 5.92 Å². The monoisotopic (exact) mass is 306 g/mol. The fraction of sp³-hybridized carbons (Fsp3) is 0.278. The number of carbonyl (C=O) groups excluding carboxylic acids is 1. The zero-order valence-corrected chi connectivity index (χ0v) is 12.8. The maximum Gasteiger partial charge on any atom is 0.223 e. The summed E-state index contributed by atoms with van der Waals surface area (Å²) in [6.07, 6.45) is 7.99. The first-order chi connectivity index (χ1) is 11.3. The van der Waals surface area contributed by atoms with Crippen molar-refractivity contribution in [1.29, 1.82) is 0 Å². The van der Waals surface area contributed by atoms with Gasteiger partial charge < -0.3 is 9.72 Å². The highest BCUT2D eigenvalue weighted by molar-refractivity contribution is 5.79. The lowest BCUT2D eigenvalue weighted by Crippen LogP contribution is -2.34. The highest BCUT2D eigenvalue weighted by Gasteiger charge is 2.27. The van der Waals surface area contributed by atoms with Gasteiger partial charge in [0.2, 0.25) is 5.91 Å². The number of rotatable bonds is 3. The summed E-state index contributed by atoms with van der Waals surface area (Å²) in [4.78, 5) is 21.1. The van der Waals surface area contributed by atoms with E-state index in [1.165, 1.54) is 5.69 Å². The molecule has 4 rings (SSSR count). The second kappa shape index (κ2) is 5.83. The quantitative estimate of drug-likeness (QED) is 0.806. The van der Waals surface area contributed by atoms with Gasteiger partial charge in [-0.05, 0) is 42.7 Å². The number of aromatic nitrogens is 3. The van der Waals surface area contributed by atoms with Crippen LogP contribution in [0.2, 0.25) is 0 Å². The third kappa shape index (κ3) is 2.70. The van der Waals surface area contributed by atoms with E-state index in [0.29, 0.717) is 6.54 Å². The molecular formula is C18H18N4O. The molecule has 0 bridgehead atoms. The summed E-state index contributed by atoms with van der Waals surface area (Å²) in [5.41, 5.74) is 4.35. The van der Waals surface area contributed by atoms with Crippen LogP contribution in [0.3, 0.4) is 0 Å². The van der Waals surface area contributed by atoms with Crippen LogP contribution in [0.5, 0.6) is 0 Å². The molecule has 1 amide bonds. The lowest BCUT2D eigenvalue weighted by Gasteiger charge is -2.21. The Morgan fingerprint density at radius 1 is 1.26 bits per heavy atom. The van der Waals surface area contributed by atoms with E-state index in [0.717, 1.165) is 36.2 Å². The van der Waals surface area contributed by atoms with Gasteiger partial charge in [0.25, 0.3) is 0 Å². The average Bonchev–Trinajstić information content (AvgIpc) is 2.98. The van der Waals surface area contributed by atoms with Gasteiger partial charge in [-0.1, -0.05) is 6.07 Å². The van der Waals surface area contributed by atoms with Crippen molar-refractivity contribution in [3.8, 4) is 0 Å². The molecule has 1 atom stereocenters. The van der Waals surface area contributed by atoms with Crippen molar-refractivity contribution in [3.63, 3.8) is 0 Å². The predicted octanol–water partition coefficient (Wildman–Crippen LogP) is 2.15. The zero-order valence-electron chi connectivity index (χ0n) is 12.8. The van der Waals surface area contributed by atoms with Gasteiger partial charge in [-0.2, -0.15) is 0 Å². The second-order valence-electron chi connectivity index (χ2n) is 5.95. The summed E-state index contributed by atoms with van der Waals surface area (Å²) >= 11 is 0. The van der Waals surface area contributed by atoms with Gasteiger partial charge in [-0.15, -0.1) is 0 Å². The number of nitrogens with one attached hydrogen (secondary N) is 1. The molecule has 23 heavy (non-hydrogen) atoms. The van der Waals surface area contributed by atoms with Gasteiger partial charge in [-0.3, -0.25) is 9.78 Å². The van der Waals surface area contributed by atoms with Crippen molar-refractivity contribution >= 4 is 11.6 Å². The molecule has 0 fully saturated rings. The third-order valence-electron chi connectivity index (χ3n) is 4.47. The molecule has 1 unspecified atom stereocenters. The Balaban J connectivity index is 1.48. The topological polar surface area (TPSA) is 59.3 Å². The molecule has 1 aliphatic rings. The van der Waals surface area contributed by atoms with Crippen molar-refractivity contribution < 1.29 is 4.79 Å². The number of aryl methyl sites for hydroxylation is 1. The van der Waals surface area contributed by atoms with Crippen molar-refractivity contribution in [2.45, 2.75) is 25.8 Å².